The molecule has 0 spiro atoms. The van der Waals surface area contributed by atoms with Gasteiger partial charge in [-0.15, -0.1) is 0 Å². The number of nitrogens with one attached hydrogen (secondary N) is 2. The first-order valence-corrected chi connectivity index (χ1v) is 7.40. The second kappa shape index (κ2) is 7.96. The van der Waals surface area contributed by atoms with E-state index in [0.717, 1.165) is 18.4 Å². The maximum absolute atomic E-state index is 12.0. The molecule has 0 amide bonds. The van der Waals surface area contributed by atoms with E-state index in [1.54, 1.807) is 0 Å². The van der Waals surface area contributed by atoms with Crippen molar-refractivity contribution in [1.82, 2.24) is 4.98 Å². The van der Waals surface area contributed by atoms with E-state index in [1.165, 1.54) is 25.6 Å². The molecule has 1 heterocycles. The lowest BCUT2D eigenvalue weighted by Crippen LogP contribution is -2.23. The van der Waals surface area contributed by atoms with E-state index < -0.39 is 17.5 Å². The van der Waals surface area contributed by atoms with Crippen LogP contribution in [0.1, 0.15) is 31.8 Å². The Bertz CT molecular complexity index is 866. The zero-order chi connectivity index (χ0) is 18.4. The van der Waals surface area contributed by atoms with Gasteiger partial charge in [0.2, 0.25) is 0 Å². The number of esters is 2. The van der Waals surface area contributed by atoms with Gasteiger partial charge in [0.05, 0.1) is 19.8 Å². The Labute approximate surface area is 144 Å². The molecule has 2 rings (SSSR count). The van der Waals surface area contributed by atoms with Crippen molar-refractivity contribution in [2.24, 2.45) is 0 Å². The number of anilines is 1. The van der Waals surface area contributed by atoms with Crippen LogP contribution >= 0.6 is 0 Å². The summed E-state index contributed by atoms with van der Waals surface area (Å²) in [6.07, 6.45) is 4.18. The van der Waals surface area contributed by atoms with Gasteiger partial charge in [0, 0.05) is 23.6 Å². The number of aromatic amines is 1. The number of hydrogen-bond donors (Lipinski definition) is 2. The number of H-pyrrole nitrogens is 1. The largest absolute Gasteiger partial charge is 0.465 e. The smallest absolute Gasteiger partial charge is 0.344 e. The molecule has 2 aromatic rings. The third-order valence-electron chi connectivity index (χ3n) is 3.48. The molecule has 0 atom stereocenters. The molecule has 0 aliphatic heterocycles. The van der Waals surface area contributed by atoms with Gasteiger partial charge < -0.3 is 19.8 Å². The lowest BCUT2D eigenvalue weighted by atomic mass is 10.0. The van der Waals surface area contributed by atoms with Crippen LogP contribution in [-0.2, 0) is 9.47 Å². The normalized spacial score (nSPS) is 10.5. The Kier molecular flexibility index (Phi) is 5.73. The fraction of sp³-hybridized carbons (Fsp3) is 0.167. The van der Waals surface area contributed by atoms with Crippen molar-refractivity contribution >= 4 is 23.7 Å². The number of aryl methyl sites for hydroxylation is 1. The Morgan fingerprint density at radius 3 is 2.32 bits per heavy atom. The van der Waals surface area contributed by atoms with Crippen molar-refractivity contribution in [3.63, 3.8) is 0 Å². The first-order chi connectivity index (χ1) is 12.0. The molecule has 0 radical (unpaired) electrons. The predicted octanol–water partition coefficient (Wildman–Crippen LogP) is 2.34. The SMILES string of the molecule is COC(=O)c1c[nH]c(=O)c(C(=O)OC)c1/C=C/Nc1ccc(C)cc1. The molecule has 0 aliphatic carbocycles. The quantitative estimate of drug-likeness (QED) is 0.810. The summed E-state index contributed by atoms with van der Waals surface area (Å²) in [4.78, 5) is 38.2. The number of aromatic nitrogens is 1. The van der Waals surface area contributed by atoms with Crippen LogP contribution in [0.25, 0.3) is 6.08 Å². The lowest BCUT2D eigenvalue weighted by Gasteiger charge is -2.08. The maximum Gasteiger partial charge on any atom is 0.344 e. The van der Waals surface area contributed by atoms with Gasteiger partial charge in [0.1, 0.15) is 5.56 Å². The second-order valence-electron chi connectivity index (χ2n) is 5.15. The molecule has 7 heteroatoms. The molecule has 130 valence electrons. The molecule has 0 saturated heterocycles. The highest BCUT2D eigenvalue weighted by atomic mass is 16.5. The van der Waals surface area contributed by atoms with Gasteiger partial charge in [0.25, 0.3) is 5.56 Å². The van der Waals surface area contributed by atoms with Gasteiger partial charge in [0.15, 0.2) is 0 Å². The molecular weight excluding hydrogens is 324 g/mol. The monoisotopic (exact) mass is 342 g/mol. The summed E-state index contributed by atoms with van der Waals surface area (Å²) in [5.41, 5.74) is 1.16. The minimum atomic E-state index is -0.845. The highest BCUT2D eigenvalue weighted by Gasteiger charge is 2.22. The molecule has 7 nitrogen and oxygen atoms in total. The molecule has 0 saturated carbocycles. The number of benzene rings is 1. The van der Waals surface area contributed by atoms with Crippen molar-refractivity contribution in [3.05, 3.63) is 69.3 Å². The van der Waals surface area contributed by atoms with Gasteiger partial charge in [-0.05, 0) is 25.1 Å². The number of methoxy groups -OCH3 is 2. The summed E-state index contributed by atoms with van der Waals surface area (Å²) in [7, 11) is 2.37. The standard InChI is InChI=1S/C18H18N2O5/c1-11-4-6-12(7-5-11)19-9-8-13-14(17(22)24-2)10-20-16(21)15(13)18(23)25-3/h4-10,19H,1-3H3,(H,20,21)/b9-8+. The van der Waals surface area contributed by atoms with E-state index in [2.05, 4.69) is 15.0 Å². The lowest BCUT2D eigenvalue weighted by molar-refractivity contribution is 0.0596. The topological polar surface area (TPSA) is 97.5 Å². The molecule has 0 bridgehead atoms. The first-order valence-electron chi connectivity index (χ1n) is 7.40. The highest BCUT2D eigenvalue weighted by Crippen LogP contribution is 2.16. The first kappa shape index (κ1) is 18.0. The van der Waals surface area contributed by atoms with Crippen LogP contribution in [0, 0.1) is 6.92 Å². The predicted molar refractivity (Wildman–Crippen MR) is 93.6 cm³/mol. The number of carbonyl (C=O) groups excluding carboxylic acids is 2. The summed E-state index contributed by atoms with van der Waals surface area (Å²) in [6, 6.07) is 7.62. The number of carbonyl (C=O) groups is 2. The third kappa shape index (κ3) is 4.14. The summed E-state index contributed by atoms with van der Waals surface area (Å²) in [5, 5.41) is 3.01. The molecule has 1 aromatic carbocycles. The van der Waals surface area contributed by atoms with E-state index in [0.29, 0.717) is 0 Å². The average Bonchev–Trinajstić information content (AvgIpc) is 2.62. The number of rotatable bonds is 5. The van der Waals surface area contributed by atoms with Crippen LogP contribution in [0.3, 0.4) is 0 Å². The molecule has 25 heavy (non-hydrogen) atoms. The van der Waals surface area contributed by atoms with Crippen molar-refractivity contribution < 1.29 is 19.1 Å². The van der Waals surface area contributed by atoms with E-state index in [4.69, 9.17) is 4.74 Å². The van der Waals surface area contributed by atoms with Crippen molar-refractivity contribution in [3.8, 4) is 0 Å². The Balaban J connectivity index is 2.45. The number of ether oxygens (including phenoxy) is 2. The van der Waals surface area contributed by atoms with Crippen LogP contribution in [-0.4, -0.2) is 31.1 Å². The van der Waals surface area contributed by atoms with E-state index in [9.17, 15) is 14.4 Å². The van der Waals surface area contributed by atoms with Gasteiger partial charge in [-0.1, -0.05) is 17.7 Å². The average molecular weight is 342 g/mol. The molecule has 0 fully saturated rings. The van der Waals surface area contributed by atoms with Crippen molar-refractivity contribution in [2.45, 2.75) is 6.92 Å². The Morgan fingerprint density at radius 1 is 1.08 bits per heavy atom. The zero-order valence-electron chi connectivity index (χ0n) is 14.1. The minimum absolute atomic E-state index is 0.0458. The van der Waals surface area contributed by atoms with Gasteiger partial charge >= 0.3 is 11.9 Å². The summed E-state index contributed by atoms with van der Waals surface area (Å²) < 4.78 is 9.33. The Morgan fingerprint density at radius 2 is 1.72 bits per heavy atom. The molecule has 2 N–H and O–H groups in total. The van der Waals surface area contributed by atoms with Gasteiger partial charge in [-0.3, -0.25) is 4.79 Å². The summed E-state index contributed by atoms with van der Waals surface area (Å²) in [6.45, 7) is 1.97. The van der Waals surface area contributed by atoms with Crippen LogP contribution in [0.2, 0.25) is 0 Å². The number of pyridine rings is 1. The summed E-state index contributed by atoms with van der Waals surface area (Å²) in [5.74, 6) is -1.53. The van der Waals surface area contributed by atoms with Crippen molar-refractivity contribution in [1.29, 1.82) is 0 Å². The number of hydrogen-bond acceptors (Lipinski definition) is 6. The van der Waals surface area contributed by atoms with Gasteiger partial charge in [-0.2, -0.15) is 0 Å². The maximum atomic E-state index is 12.0. The molecular formula is C18H18N2O5. The third-order valence-corrected chi connectivity index (χ3v) is 3.48. The molecule has 0 unspecified atom stereocenters. The van der Waals surface area contributed by atoms with E-state index in [1.807, 2.05) is 31.2 Å². The van der Waals surface area contributed by atoms with Crippen molar-refractivity contribution in [2.75, 3.05) is 19.5 Å². The fourth-order valence-corrected chi connectivity index (χ4v) is 2.17. The highest BCUT2D eigenvalue weighted by molar-refractivity contribution is 6.00. The zero-order valence-corrected chi connectivity index (χ0v) is 14.1. The Hall–Kier alpha value is -3.35. The van der Waals surface area contributed by atoms with Crippen LogP contribution in [0.4, 0.5) is 5.69 Å². The van der Waals surface area contributed by atoms with Crippen LogP contribution in [0.5, 0.6) is 0 Å². The summed E-state index contributed by atoms with van der Waals surface area (Å²) >= 11 is 0. The van der Waals surface area contributed by atoms with Crippen LogP contribution in [0.15, 0.2) is 41.5 Å². The minimum Gasteiger partial charge on any atom is -0.465 e. The molecule has 0 aliphatic rings. The van der Waals surface area contributed by atoms with Crippen LogP contribution < -0.4 is 10.9 Å². The van der Waals surface area contributed by atoms with Gasteiger partial charge in [-0.25, -0.2) is 9.59 Å². The molecule has 1 aromatic heterocycles. The fourth-order valence-electron chi connectivity index (χ4n) is 2.17. The van der Waals surface area contributed by atoms with E-state index in [-0.39, 0.29) is 16.7 Å². The second-order valence-corrected chi connectivity index (χ2v) is 5.15. The van der Waals surface area contributed by atoms with E-state index >= 15 is 0 Å².